The van der Waals surface area contributed by atoms with E-state index in [1.54, 1.807) is 12.4 Å². The van der Waals surface area contributed by atoms with Gasteiger partial charge < -0.3 is 20.1 Å². The molecule has 3 aromatic carbocycles. The third-order valence-corrected chi connectivity index (χ3v) is 8.39. The van der Waals surface area contributed by atoms with Crippen molar-refractivity contribution in [3.05, 3.63) is 108 Å². The number of Topliss-reactive ketones (excluding diaryl/α,β-unsaturated/α-hetero) is 2. The largest absolute Gasteiger partial charge is 0.480 e. The van der Waals surface area contributed by atoms with Crippen molar-refractivity contribution in [3.8, 4) is 0 Å². The van der Waals surface area contributed by atoms with Crippen molar-refractivity contribution in [1.82, 2.24) is 20.3 Å². The molecule has 3 aromatic heterocycles. The number of benzene rings is 3. The van der Waals surface area contributed by atoms with Gasteiger partial charge in [0, 0.05) is 73.8 Å². The highest BCUT2D eigenvalue weighted by atomic mass is 16.4. The van der Waals surface area contributed by atoms with Crippen molar-refractivity contribution in [1.29, 1.82) is 0 Å². The number of carboxylic acid groups (broad SMARTS) is 1. The van der Waals surface area contributed by atoms with Crippen LogP contribution in [0.1, 0.15) is 22.4 Å². The van der Waals surface area contributed by atoms with Gasteiger partial charge in [-0.2, -0.15) is 0 Å². The Morgan fingerprint density at radius 1 is 0.725 bits per heavy atom. The van der Waals surface area contributed by atoms with E-state index in [0.717, 1.165) is 32.7 Å². The van der Waals surface area contributed by atoms with E-state index < -0.39 is 29.1 Å². The van der Waals surface area contributed by atoms with Gasteiger partial charge in [0.05, 0.1) is 5.69 Å². The fraction of sp³-hybridized carbons (Fsp3) is 0.0938. The minimum atomic E-state index is -1.92. The van der Waals surface area contributed by atoms with E-state index in [-0.39, 0.29) is 17.6 Å². The highest BCUT2D eigenvalue weighted by Gasteiger charge is 2.61. The first-order valence-electron chi connectivity index (χ1n) is 13.1. The topological polar surface area (TPSA) is 131 Å². The summed E-state index contributed by atoms with van der Waals surface area (Å²) in [6, 6.07) is 21.6. The molecule has 5 N–H and O–H groups in total. The zero-order chi connectivity index (χ0) is 27.2. The lowest BCUT2D eigenvalue weighted by Gasteiger charge is -2.36. The summed E-state index contributed by atoms with van der Waals surface area (Å²) in [7, 11) is 0. The monoisotopic (exact) mass is 526 g/mol. The zero-order valence-corrected chi connectivity index (χ0v) is 21.0. The Hall–Kier alpha value is -5.21. The number of aromatic nitrogens is 3. The summed E-state index contributed by atoms with van der Waals surface area (Å²) >= 11 is 0. The van der Waals surface area contributed by atoms with Crippen molar-refractivity contribution in [2.45, 2.75) is 18.0 Å². The first kappa shape index (κ1) is 22.7. The van der Waals surface area contributed by atoms with Crippen LogP contribution in [0.2, 0.25) is 0 Å². The summed E-state index contributed by atoms with van der Waals surface area (Å²) in [4.78, 5) is 52.0. The first-order valence-corrected chi connectivity index (χ1v) is 13.1. The molecule has 6 aromatic rings. The normalized spacial score (nSPS) is 18.4. The predicted octanol–water partition coefficient (Wildman–Crippen LogP) is 4.69. The maximum absolute atomic E-state index is 14.9. The maximum Gasteiger partial charge on any atom is 0.321 e. The fourth-order valence-electron chi connectivity index (χ4n) is 6.60. The van der Waals surface area contributed by atoms with Crippen LogP contribution in [-0.4, -0.2) is 43.6 Å². The lowest BCUT2D eigenvalue weighted by molar-refractivity contribution is -0.141. The maximum atomic E-state index is 14.9. The summed E-state index contributed by atoms with van der Waals surface area (Å²) in [5.41, 5.74) is 3.28. The summed E-state index contributed by atoms with van der Waals surface area (Å²) in [6.07, 6.45) is 3.65. The number of para-hydroxylation sites is 3. The van der Waals surface area contributed by atoms with Gasteiger partial charge >= 0.3 is 5.97 Å². The highest BCUT2D eigenvalue weighted by Crippen LogP contribution is 2.50. The molecule has 1 aliphatic heterocycles. The molecule has 1 spiro atoms. The van der Waals surface area contributed by atoms with E-state index in [2.05, 4.69) is 20.3 Å². The number of ketones is 2. The minimum Gasteiger partial charge on any atom is -0.480 e. The third kappa shape index (κ3) is 2.80. The molecule has 8 heteroatoms. The second-order valence-corrected chi connectivity index (χ2v) is 10.4. The number of nitrogens with one attached hydrogen (secondary N) is 4. The van der Waals surface area contributed by atoms with Crippen molar-refractivity contribution in [3.63, 3.8) is 0 Å². The number of carboxylic acids is 1. The zero-order valence-electron chi connectivity index (χ0n) is 21.0. The van der Waals surface area contributed by atoms with Crippen LogP contribution in [-0.2, 0) is 26.3 Å². The molecule has 40 heavy (non-hydrogen) atoms. The molecular formula is C32H22N4O4. The molecule has 8 rings (SSSR count). The molecule has 0 saturated heterocycles. The smallest absolute Gasteiger partial charge is 0.321 e. The molecule has 0 bridgehead atoms. The second kappa shape index (κ2) is 7.91. The molecule has 8 nitrogen and oxygen atoms in total. The van der Waals surface area contributed by atoms with E-state index >= 15 is 0 Å². The van der Waals surface area contributed by atoms with Crippen LogP contribution >= 0.6 is 0 Å². The van der Waals surface area contributed by atoms with Crippen molar-refractivity contribution < 1.29 is 19.5 Å². The van der Waals surface area contributed by atoms with Crippen LogP contribution in [0, 0.1) is 0 Å². The fourth-order valence-corrected chi connectivity index (χ4v) is 6.60. The van der Waals surface area contributed by atoms with Gasteiger partial charge in [0.15, 0.2) is 17.1 Å². The highest BCUT2D eigenvalue weighted by molar-refractivity contribution is 6.57. The summed E-state index contributed by atoms with van der Waals surface area (Å²) in [5.74, 6) is -2.06. The Morgan fingerprint density at radius 2 is 1.23 bits per heavy atom. The van der Waals surface area contributed by atoms with Gasteiger partial charge in [-0.25, -0.2) is 0 Å². The van der Waals surface area contributed by atoms with Crippen LogP contribution in [0.15, 0.2) is 85.2 Å². The van der Waals surface area contributed by atoms with E-state index in [1.165, 1.54) is 0 Å². The molecule has 0 unspecified atom stereocenters. The Kier molecular flexibility index (Phi) is 4.50. The van der Waals surface area contributed by atoms with Gasteiger partial charge in [-0.1, -0.05) is 54.6 Å². The number of hydrogen-bond donors (Lipinski definition) is 5. The second-order valence-electron chi connectivity index (χ2n) is 10.4. The number of hydrogen-bond acceptors (Lipinski definition) is 4. The van der Waals surface area contributed by atoms with E-state index in [9.17, 15) is 19.5 Å². The minimum absolute atomic E-state index is 0.141. The summed E-state index contributed by atoms with van der Waals surface area (Å²) < 4.78 is 0. The molecule has 4 heterocycles. The van der Waals surface area contributed by atoms with Gasteiger partial charge in [-0.05, 0) is 23.8 Å². The molecule has 2 aliphatic rings. The molecule has 1 aliphatic carbocycles. The van der Waals surface area contributed by atoms with E-state index in [1.807, 2.05) is 72.8 Å². The first-order chi connectivity index (χ1) is 19.5. The van der Waals surface area contributed by atoms with Crippen molar-refractivity contribution in [2.75, 3.05) is 0 Å². The standard InChI is InChI=1S/C32H22N4O4/c37-29-26(20-14-33-22-10-4-1-8-17(20)22)27(21-15-34-23-11-5-2-9-18(21)23)30(38)32(29)28-19(13-25(36-32)31(39)40)16-7-3-6-12-24(16)35-28/h1-12,14-15,25,33-36H,13H2,(H,39,40)/t25-/m0/s1. The number of rotatable bonds is 3. The Labute approximate surface area is 226 Å². The van der Waals surface area contributed by atoms with Crippen LogP contribution in [0.25, 0.3) is 43.9 Å². The average molecular weight is 527 g/mol. The Morgan fingerprint density at radius 3 is 1.77 bits per heavy atom. The van der Waals surface area contributed by atoms with Gasteiger partial charge in [-0.15, -0.1) is 0 Å². The van der Waals surface area contributed by atoms with Crippen LogP contribution in [0.5, 0.6) is 0 Å². The Balaban J connectivity index is 1.47. The number of aromatic amines is 3. The third-order valence-electron chi connectivity index (χ3n) is 8.39. The molecular weight excluding hydrogens is 504 g/mol. The van der Waals surface area contributed by atoms with Gasteiger partial charge in [-0.3, -0.25) is 19.7 Å². The van der Waals surface area contributed by atoms with Crippen LogP contribution in [0.3, 0.4) is 0 Å². The lowest BCUT2D eigenvalue weighted by atomic mass is 9.79. The van der Waals surface area contributed by atoms with Gasteiger partial charge in [0.2, 0.25) is 0 Å². The SMILES string of the molecule is O=C(O)[C@@H]1Cc2c([nH]c3ccccc23)C2(N1)C(=O)C(c1c[nH]c3ccccc13)=C(c1c[nH]c3ccccc13)C2=O. The number of H-pyrrole nitrogens is 3. The van der Waals surface area contributed by atoms with Crippen LogP contribution in [0.4, 0.5) is 0 Å². The molecule has 0 radical (unpaired) electrons. The van der Waals surface area contributed by atoms with Gasteiger partial charge in [0.1, 0.15) is 6.04 Å². The van der Waals surface area contributed by atoms with Gasteiger partial charge in [0.25, 0.3) is 0 Å². The van der Waals surface area contributed by atoms with E-state index in [0.29, 0.717) is 22.4 Å². The van der Waals surface area contributed by atoms with Crippen molar-refractivity contribution >= 4 is 61.4 Å². The number of fused-ring (bicyclic) bond motifs is 6. The summed E-state index contributed by atoms with van der Waals surface area (Å²) in [5, 5.41) is 15.6. The number of carbonyl (C=O) groups excluding carboxylic acids is 2. The molecule has 0 fully saturated rings. The number of aliphatic carboxylic acids is 1. The number of carbonyl (C=O) groups is 3. The van der Waals surface area contributed by atoms with Crippen LogP contribution < -0.4 is 5.32 Å². The molecule has 194 valence electrons. The molecule has 0 amide bonds. The van der Waals surface area contributed by atoms with E-state index in [4.69, 9.17) is 0 Å². The summed E-state index contributed by atoms with van der Waals surface area (Å²) in [6.45, 7) is 0. The molecule has 1 atom stereocenters. The average Bonchev–Trinajstić information content (AvgIpc) is 3.73. The predicted molar refractivity (Wildman–Crippen MR) is 152 cm³/mol. The lowest BCUT2D eigenvalue weighted by Crippen LogP contribution is -2.62. The van der Waals surface area contributed by atoms with Crippen molar-refractivity contribution in [2.24, 2.45) is 0 Å². The quantitative estimate of drug-likeness (QED) is 0.214. The molecule has 0 saturated carbocycles. The Bertz CT molecular complexity index is 2010.